The summed E-state index contributed by atoms with van der Waals surface area (Å²) in [6, 6.07) is 40.8. The largest absolute Gasteiger partial charge is 0.481 e. The Bertz CT molecular complexity index is 3790. The Hall–Kier alpha value is -8.81. The van der Waals surface area contributed by atoms with Crippen LogP contribution in [0.4, 0.5) is 23.1 Å². The summed E-state index contributed by atoms with van der Waals surface area (Å²) in [6.45, 7) is 7.28. The third kappa shape index (κ3) is 14.1. The molecular weight excluding hydrogens is 1210 g/mol. The average molecular weight is 1290 g/mol. The molecule has 6 unspecified atom stereocenters. The van der Waals surface area contributed by atoms with Crippen LogP contribution in [0.15, 0.2) is 133 Å². The van der Waals surface area contributed by atoms with Gasteiger partial charge in [-0.1, -0.05) is 41.1 Å². The van der Waals surface area contributed by atoms with Crippen molar-refractivity contribution in [1.82, 2.24) is 40.0 Å². The molecule has 91 heavy (non-hydrogen) atoms. The lowest BCUT2D eigenvalue weighted by Crippen LogP contribution is -2.58. The third-order valence-corrected chi connectivity index (χ3v) is 20.4. The van der Waals surface area contributed by atoms with E-state index in [0.717, 1.165) is 153 Å². The molecule has 7 aromatic rings. The van der Waals surface area contributed by atoms with Gasteiger partial charge in [0.25, 0.3) is 0 Å². The van der Waals surface area contributed by atoms with Crippen LogP contribution in [-0.4, -0.2) is 145 Å². The van der Waals surface area contributed by atoms with Gasteiger partial charge in [-0.3, -0.25) is 24.4 Å². The molecule has 9 fully saturated rings. The van der Waals surface area contributed by atoms with Gasteiger partial charge in [0.1, 0.15) is 35.7 Å². The smallest absolute Gasteiger partial charge is 0.306 e. The van der Waals surface area contributed by atoms with Crippen molar-refractivity contribution in [3.63, 3.8) is 0 Å². The van der Waals surface area contributed by atoms with Crippen molar-refractivity contribution in [2.45, 2.75) is 132 Å². The Labute approximate surface area is 539 Å². The molecule has 6 saturated heterocycles. The van der Waals surface area contributed by atoms with Gasteiger partial charge in [0.15, 0.2) is 0 Å². The number of hydrogen-bond donors (Lipinski definition) is 4. The van der Waals surface area contributed by atoms with Crippen molar-refractivity contribution < 1.29 is 19.5 Å². The molecule has 5 aromatic heterocycles. The van der Waals surface area contributed by atoms with Crippen molar-refractivity contribution in [3.8, 4) is 18.2 Å². The molecular formula is C70H77BrN16O4. The average Bonchev–Trinajstić information content (AvgIpc) is 1.82. The van der Waals surface area contributed by atoms with Crippen molar-refractivity contribution >= 4 is 78.7 Å². The second kappa shape index (κ2) is 28.1. The first-order valence-corrected chi connectivity index (χ1v) is 32.9. The SMILES string of the molecule is Brc1cccc2ncccc12.CC1CC(C(=O)O)C1.N#Cc1ccc(N2C3CCC2CN(C(=O)C2CC(N)C2)C3)nc1.N#Cc1ccc(N2C3CCC2CN(C(=O)C2CC(Nc4cccc5ncccc45)C2)C3)nc1.N#Cc1ccc(N2C3CCC2CNC3)nc1. The summed E-state index contributed by atoms with van der Waals surface area (Å²) in [5.74, 6) is 3.71. The summed E-state index contributed by atoms with van der Waals surface area (Å²) in [5.41, 5.74) is 10.7. The van der Waals surface area contributed by atoms with Crippen molar-refractivity contribution in [1.29, 1.82) is 15.8 Å². The summed E-state index contributed by atoms with van der Waals surface area (Å²) in [7, 11) is 0. The Morgan fingerprint density at radius 1 is 0.538 bits per heavy atom. The number of nitrogens with two attached hydrogens (primary N) is 1. The van der Waals surface area contributed by atoms with Crippen LogP contribution in [0.3, 0.4) is 0 Å². The Morgan fingerprint density at radius 3 is 1.37 bits per heavy atom. The molecule has 0 spiro atoms. The number of carboxylic acid groups (broad SMARTS) is 1. The highest BCUT2D eigenvalue weighted by molar-refractivity contribution is 9.10. The zero-order valence-electron chi connectivity index (χ0n) is 51.2. The second-order valence-electron chi connectivity index (χ2n) is 25.8. The van der Waals surface area contributed by atoms with Crippen LogP contribution in [0.25, 0.3) is 21.8 Å². The maximum atomic E-state index is 13.3. The number of aromatic nitrogens is 5. The number of carboxylic acids is 1. The number of amides is 2. The van der Waals surface area contributed by atoms with Gasteiger partial charge in [-0.2, -0.15) is 15.8 Å². The van der Waals surface area contributed by atoms with Crippen LogP contribution < -0.4 is 31.1 Å². The van der Waals surface area contributed by atoms with Gasteiger partial charge in [-0.05, 0) is 162 Å². The highest BCUT2D eigenvalue weighted by atomic mass is 79.9. The maximum absolute atomic E-state index is 13.3. The van der Waals surface area contributed by atoms with E-state index in [4.69, 9.17) is 26.6 Å². The Kier molecular flexibility index (Phi) is 19.3. The number of rotatable bonds is 8. The van der Waals surface area contributed by atoms with Gasteiger partial charge < -0.3 is 46.0 Å². The number of halogens is 1. The highest BCUT2D eigenvalue weighted by Gasteiger charge is 2.47. The fourth-order valence-corrected chi connectivity index (χ4v) is 15.3. The first-order chi connectivity index (χ1) is 44.3. The standard InChI is InChI=1S/C26H26N6O.C17H21N5O.C12H14N4.C9H6BrN.C6H10O2/c27-13-17-6-9-25(29-14-17)32-20-7-8-21(32)16-31(15-20)26(33)18-11-19(12-18)30-24-5-1-4-23-22(24)3-2-10-28-23;18-7-11-1-4-16(20-8-11)22-14-2-3-15(22)10-21(9-14)17(23)12-5-13(19)6-12;13-5-9-1-4-12(15-6-9)16-10-2-3-11(16)8-14-7-10;10-8-4-1-5-9-7(8)3-2-6-11-9;1-4-2-5(3-4)6(7)8/h1-6,9-10,14,18-21,30H,7-8,11-12,15-16H2;1,4,8,12-15H,2-3,5-6,9-10,19H2;1,4,6,10-11,14H,2-3,7-8H2;1-6H;4-5H,2-3H2,1H3,(H,7,8). The molecule has 16 rings (SSSR count). The fourth-order valence-electron chi connectivity index (χ4n) is 14.8. The summed E-state index contributed by atoms with van der Waals surface area (Å²) >= 11 is 3.46. The molecule has 11 heterocycles. The van der Waals surface area contributed by atoms with Crippen LogP contribution in [-0.2, 0) is 14.4 Å². The number of nitrogens with zero attached hydrogens (tertiary/aromatic N) is 13. The monoisotopic (exact) mass is 1280 g/mol. The normalized spacial score (nSPS) is 26.9. The van der Waals surface area contributed by atoms with Crippen molar-refractivity contribution in [2.24, 2.45) is 29.4 Å². The maximum Gasteiger partial charge on any atom is 0.306 e. The molecule has 6 bridgehead atoms. The molecule has 0 radical (unpaired) electrons. The zero-order chi connectivity index (χ0) is 63.1. The molecule has 9 aliphatic rings. The number of carbonyl (C=O) groups excluding carboxylic acids is 2. The van der Waals surface area contributed by atoms with Gasteiger partial charge in [0.05, 0.1) is 33.6 Å². The number of hydrogen-bond acceptors (Lipinski definition) is 17. The van der Waals surface area contributed by atoms with E-state index in [1.165, 1.54) is 12.8 Å². The molecule has 3 aliphatic carbocycles. The molecule has 2 aromatic carbocycles. The number of benzene rings is 2. The van der Waals surface area contributed by atoms with E-state index in [-0.39, 0.29) is 29.7 Å². The number of nitrogens with one attached hydrogen (secondary N) is 2. The van der Waals surface area contributed by atoms with Crippen LogP contribution in [0.2, 0.25) is 0 Å². The predicted molar refractivity (Wildman–Crippen MR) is 352 cm³/mol. The molecule has 468 valence electrons. The third-order valence-electron chi connectivity index (χ3n) is 19.7. The minimum Gasteiger partial charge on any atom is -0.481 e. The number of fused-ring (bicyclic) bond motifs is 8. The second-order valence-corrected chi connectivity index (χ2v) is 26.7. The molecule has 6 atom stereocenters. The minimum atomic E-state index is -0.622. The molecule has 2 amide bonds. The topological polar surface area (TPSA) is 274 Å². The van der Waals surface area contributed by atoms with Gasteiger partial charge in [0, 0.05) is 151 Å². The Morgan fingerprint density at radius 2 is 0.967 bits per heavy atom. The van der Waals surface area contributed by atoms with E-state index < -0.39 is 5.97 Å². The lowest BCUT2D eigenvalue weighted by Gasteiger charge is -2.45. The van der Waals surface area contributed by atoms with E-state index in [9.17, 15) is 14.4 Å². The van der Waals surface area contributed by atoms with E-state index in [2.05, 4.69) is 108 Å². The number of anilines is 4. The number of carbonyl (C=O) groups is 3. The summed E-state index contributed by atoms with van der Waals surface area (Å²) < 4.78 is 1.10. The highest BCUT2D eigenvalue weighted by Crippen LogP contribution is 2.40. The fraction of sp³-hybridized carbons (Fsp3) is 0.443. The van der Waals surface area contributed by atoms with Gasteiger partial charge >= 0.3 is 5.97 Å². The number of aliphatic carboxylic acids is 1. The number of likely N-dealkylation sites (tertiary alicyclic amines) is 2. The molecule has 3 saturated carbocycles. The predicted octanol–water partition coefficient (Wildman–Crippen LogP) is 9.45. The van der Waals surface area contributed by atoms with Crippen molar-refractivity contribution in [2.75, 3.05) is 59.3 Å². The van der Waals surface area contributed by atoms with E-state index >= 15 is 0 Å². The number of nitriles is 3. The quantitative estimate of drug-likeness (QED) is 0.110. The zero-order valence-corrected chi connectivity index (χ0v) is 52.8. The first-order valence-electron chi connectivity index (χ1n) is 32.1. The first kappa shape index (κ1) is 62.4. The molecule has 20 nitrogen and oxygen atoms in total. The van der Waals surface area contributed by atoms with Gasteiger partial charge in [-0.25, -0.2) is 15.0 Å². The molecule has 21 heteroatoms. The lowest BCUT2D eigenvalue weighted by atomic mass is 9.76. The number of piperazine rings is 3. The Balaban J connectivity index is 0.000000120. The number of pyridine rings is 5. The van der Waals surface area contributed by atoms with E-state index in [0.29, 0.717) is 70.8 Å². The van der Waals surface area contributed by atoms with Crippen LogP contribution in [0.5, 0.6) is 0 Å². The summed E-state index contributed by atoms with van der Waals surface area (Å²) in [5, 5.41) is 44.4. The summed E-state index contributed by atoms with van der Waals surface area (Å²) in [4.78, 5) is 69.2. The molecule has 5 N–H and O–H groups in total. The van der Waals surface area contributed by atoms with Crippen molar-refractivity contribution in [3.05, 3.63) is 149 Å². The van der Waals surface area contributed by atoms with Gasteiger partial charge in [0.2, 0.25) is 11.8 Å². The minimum absolute atomic E-state index is 0.0231. The van der Waals surface area contributed by atoms with Crippen LogP contribution in [0, 0.1) is 57.7 Å². The molecule has 6 aliphatic heterocycles. The summed E-state index contributed by atoms with van der Waals surface area (Å²) in [6.07, 6.45) is 20.6. The van der Waals surface area contributed by atoms with E-state index in [1.807, 2.05) is 96.0 Å². The van der Waals surface area contributed by atoms with Crippen LogP contribution >= 0.6 is 15.9 Å². The van der Waals surface area contributed by atoms with E-state index in [1.54, 1.807) is 24.8 Å². The van der Waals surface area contributed by atoms with Gasteiger partial charge in [-0.15, -0.1) is 0 Å². The lowest BCUT2D eigenvalue weighted by molar-refractivity contribution is -0.146. The van der Waals surface area contributed by atoms with Crippen LogP contribution in [0.1, 0.15) is 101 Å².